The molecule has 0 aromatic heterocycles. The van der Waals surface area contributed by atoms with Gasteiger partial charge in [-0.1, -0.05) is 25.3 Å². The maximum Gasteiger partial charge on any atom is 0.0379 e. The third-order valence-corrected chi connectivity index (χ3v) is 2.68. The Labute approximate surface area is 68.2 Å². The minimum absolute atomic E-state index is 0.804. The van der Waals surface area contributed by atoms with Gasteiger partial charge in [0.15, 0.2) is 0 Å². The van der Waals surface area contributed by atoms with E-state index in [1.54, 1.807) is 0 Å². The number of hydrogen-bond donors (Lipinski definition) is 1. The number of nitrogens with zero attached hydrogens (tertiary/aromatic N) is 1. The van der Waals surface area contributed by atoms with E-state index < -0.39 is 0 Å². The van der Waals surface area contributed by atoms with Crippen LogP contribution in [0, 0.1) is 0 Å². The van der Waals surface area contributed by atoms with Gasteiger partial charge < -0.3 is 5.43 Å². The molecule has 11 heavy (non-hydrogen) atoms. The van der Waals surface area contributed by atoms with Crippen molar-refractivity contribution < 1.29 is 0 Å². The average Bonchev–Trinajstić information content (AvgIpc) is 2.58. The molecule has 2 rings (SSSR count). The normalized spacial score (nSPS) is 27.3. The van der Waals surface area contributed by atoms with Crippen LogP contribution in [0.1, 0.15) is 32.1 Å². The summed E-state index contributed by atoms with van der Waals surface area (Å²) in [5, 5.41) is 2.36. The summed E-state index contributed by atoms with van der Waals surface area (Å²) in [7, 11) is 0. The van der Waals surface area contributed by atoms with Gasteiger partial charge >= 0.3 is 0 Å². The van der Waals surface area contributed by atoms with Gasteiger partial charge in [0.1, 0.15) is 0 Å². The summed E-state index contributed by atoms with van der Waals surface area (Å²) in [4.78, 5) is 0. The molecule has 62 valence electrons. The van der Waals surface area contributed by atoms with Crippen LogP contribution in [-0.2, 0) is 0 Å². The van der Waals surface area contributed by atoms with Crippen LogP contribution in [0.4, 0.5) is 0 Å². The second kappa shape index (κ2) is 3.26. The summed E-state index contributed by atoms with van der Waals surface area (Å²) in [6.07, 6.45) is 11.3. The summed E-state index contributed by atoms with van der Waals surface area (Å²) in [5.41, 5.74) is 3.28. The lowest BCUT2D eigenvalue weighted by Gasteiger charge is -2.30. The molecule has 0 atom stereocenters. The molecule has 0 radical (unpaired) electrons. The molecule has 1 aliphatic carbocycles. The Morgan fingerprint density at radius 1 is 1.18 bits per heavy atom. The van der Waals surface area contributed by atoms with E-state index in [0.717, 1.165) is 12.6 Å². The topological polar surface area (TPSA) is 15.3 Å². The van der Waals surface area contributed by atoms with Crippen molar-refractivity contribution in [3.63, 3.8) is 0 Å². The van der Waals surface area contributed by atoms with Gasteiger partial charge in [0.05, 0.1) is 0 Å². The summed E-state index contributed by atoms with van der Waals surface area (Å²) in [5.74, 6) is 0. The zero-order chi connectivity index (χ0) is 7.52. The summed E-state index contributed by atoms with van der Waals surface area (Å²) < 4.78 is 0. The van der Waals surface area contributed by atoms with Crippen molar-refractivity contribution in [3.8, 4) is 0 Å². The van der Waals surface area contributed by atoms with Crippen LogP contribution in [0.25, 0.3) is 0 Å². The predicted octanol–water partition coefficient (Wildman–Crippen LogP) is 1.65. The molecule has 1 aliphatic heterocycles. The number of hydrazine groups is 1. The first-order valence-corrected chi connectivity index (χ1v) is 4.64. The SMILES string of the molecule is C1=CNN(C2CCCCC2)C1. The van der Waals surface area contributed by atoms with Crippen LogP contribution < -0.4 is 5.43 Å². The van der Waals surface area contributed by atoms with Crippen LogP contribution in [-0.4, -0.2) is 17.6 Å². The highest BCUT2D eigenvalue weighted by Gasteiger charge is 2.20. The molecule has 2 heteroatoms. The van der Waals surface area contributed by atoms with E-state index >= 15 is 0 Å². The van der Waals surface area contributed by atoms with Crippen LogP contribution in [0.5, 0.6) is 0 Å². The first-order chi connectivity index (χ1) is 5.47. The lowest BCUT2D eigenvalue weighted by Crippen LogP contribution is -2.41. The molecular formula is C9H16N2. The third-order valence-electron chi connectivity index (χ3n) is 2.68. The largest absolute Gasteiger partial charge is 0.326 e. The van der Waals surface area contributed by atoms with Crippen molar-refractivity contribution in [2.45, 2.75) is 38.1 Å². The summed E-state index contributed by atoms with van der Waals surface area (Å²) >= 11 is 0. The van der Waals surface area contributed by atoms with Crippen LogP contribution in [0.15, 0.2) is 12.3 Å². The highest BCUT2D eigenvalue weighted by Crippen LogP contribution is 2.22. The van der Waals surface area contributed by atoms with Crippen molar-refractivity contribution in [1.29, 1.82) is 0 Å². The third kappa shape index (κ3) is 1.56. The lowest BCUT2D eigenvalue weighted by atomic mass is 9.95. The molecule has 0 aromatic carbocycles. The quantitative estimate of drug-likeness (QED) is 0.614. The van der Waals surface area contributed by atoms with Gasteiger partial charge in [-0.25, -0.2) is 5.01 Å². The Morgan fingerprint density at radius 2 is 2.00 bits per heavy atom. The van der Waals surface area contributed by atoms with E-state index in [2.05, 4.69) is 22.7 Å². The molecular weight excluding hydrogens is 136 g/mol. The molecule has 2 nitrogen and oxygen atoms in total. The van der Waals surface area contributed by atoms with Gasteiger partial charge in [0, 0.05) is 18.8 Å². The maximum absolute atomic E-state index is 3.28. The van der Waals surface area contributed by atoms with Crippen molar-refractivity contribution in [2.24, 2.45) is 0 Å². The van der Waals surface area contributed by atoms with Crippen LogP contribution in [0.3, 0.4) is 0 Å². The Kier molecular flexibility index (Phi) is 2.13. The molecule has 0 bridgehead atoms. The van der Waals surface area contributed by atoms with Crippen LogP contribution >= 0.6 is 0 Å². The molecule has 1 N–H and O–H groups in total. The smallest absolute Gasteiger partial charge is 0.0379 e. The van der Waals surface area contributed by atoms with E-state index in [1.807, 2.05) is 0 Å². The molecule has 1 fully saturated rings. The van der Waals surface area contributed by atoms with Crippen molar-refractivity contribution in [2.75, 3.05) is 6.54 Å². The molecule has 2 aliphatic rings. The minimum atomic E-state index is 0.804. The van der Waals surface area contributed by atoms with Gasteiger partial charge in [-0.3, -0.25) is 0 Å². The molecule has 0 aromatic rings. The van der Waals surface area contributed by atoms with E-state index in [9.17, 15) is 0 Å². The molecule has 0 unspecified atom stereocenters. The van der Waals surface area contributed by atoms with Gasteiger partial charge in [0.25, 0.3) is 0 Å². The van der Waals surface area contributed by atoms with Crippen molar-refractivity contribution in [3.05, 3.63) is 12.3 Å². The summed E-state index contributed by atoms with van der Waals surface area (Å²) in [6.45, 7) is 1.10. The maximum atomic E-state index is 3.28. The Morgan fingerprint density at radius 3 is 2.64 bits per heavy atom. The molecule has 0 amide bonds. The first-order valence-electron chi connectivity index (χ1n) is 4.64. The number of nitrogens with one attached hydrogen (secondary N) is 1. The highest BCUT2D eigenvalue weighted by molar-refractivity contribution is 4.91. The lowest BCUT2D eigenvalue weighted by molar-refractivity contribution is 0.145. The number of hydrogen-bond acceptors (Lipinski definition) is 2. The van der Waals surface area contributed by atoms with Crippen LogP contribution in [0.2, 0.25) is 0 Å². The van der Waals surface area contributed by atoms with Crippen molar-refractivity contribution in [1.82, 2.24) is 10.4 Å². The fraction of sp³-hybridized carbons (Fsp3) is 0.778. The predicted molar refractivity (Wildman–Crippen MR) is 45.9 cm³/mol. The molecule has 1 saturated carbocycles. The molecule has 0 spiro atoms. The Balaban J connectivity index is 1.83. The Hall–Kier alpha value is -0.500. The van der Waals surface area contributed by atoms with Gasteiger partial charge in [-0.05, 0) is 12.8 Å². The fourth-order valence-corrected chi connectivity index (χ4v) is 2.01. The van der Waals surface area contributed by atoms with E-state index in [1.165, 1.54) is 32.1 Å². The zero-order valence-corrected chi connectivity index (χ0v) is 6.92. The highest BCUT2D eigenvalue weighted by atomic mass is 15.5. The second-order valence-electron chi connectivity index (χ2n) is 3.48. The van der Waals surface area contributed by atoms with E-state index in [-0.39, 0.29) is 0 Å². The average molecular weight is 152 g/mol. The summed E-state index contributed by atoms with van der Waals surface area (Å²) in [6, 6.07) is 0.804. The van der Waals surface area contributed by atoms with E-state index in [4.69, 9.17) is 0 Å². The molecule has 0 saturated heterocycles. The second-order valence-corrected chi connectivity index (χ2v) is 3.48. The molecule has 1 heterocycles. The zero-order valence-electron chi connectivity index (χ0n) is 6.92. The monoisotopic (exact) mass is 152 g/mol. The minimum Gasteiger partial charge on any atom is -0.326 e. The van der Waals surface area contributed by atoms with Crippen molar-refractivity contribution >= 4 is 0 Å². The fourth-order valence-electron chi connectivity index (χ4n) is 2.01. The standard InChI is InChI=1S/C9H16N2/c1-2-5-9(6-3-1)11-8-4-7-10-11/h4,7,9-10H,1-3,5-6,8H2. The Bertz CT molecular complexity index is 140. The van der Waals surface area contributed by atoms with Gasteiger partial charge in [-0.2, -0.15) is 0 Å². The first kappa shape index (κ1) is 7.17. The van der Waals surface area contributed by atoms with Gasteiger partial charge in [-0.15, -0.1) is 0 Å². The van der Waals surface area contributed by atoms with Gasteiger partial charge in [0.2, 0.25) is 0 Å². The number of rotatable bonds is 1. The van der Waals surface area contributed by atoms with E-state index in [0.29, 0.717) is 0 Å².